The summed E-state index contributed by atoms with van der Waals surface area (Å²) in [5.41, 5.74) is 6.49. The minimum atomic E-state index is -0.647. The number of hydrogen-bond acceptors (Lipinski definition) is 6. The van der Waals surface area contributed by atoms with Crippen LogP contribution in [-0.2, 0) is 22.7 Å². The molecule has 0 spiro atoms. The van der Waals surface area contributed by atoms with Gasteiger partial charge in [0.05, 0.1) is 16.1 Å². The summed E-state index contributed by atoms with van der Waals surface area (Å²) < 4.78 is 0. The number of carbonyl (C=O) groups excluding carboxylic acids is 3. The lowest BCUT2D eigenvalue weighted by molar-refractivity contribution is -0.143. The second-order valence-electron chi connectivity index (χ2n) is 10.4. The topological polar surface area (TPSA) is 82.6 Å². The number of rotatable bonds is 7. The molecule has 2 aromatic carbocycles. The fraction of sp³-hybridized carbons (Fsp3) is 0.379. The summed E-state index contributed by atoms with van der Waals surface area (Å²) >= 11 is 6.22. The van der Waals surface area contributed by atoms with Gasteiger partial charge in [0.25, 0.3) is 5.91 Å². The minimum Gasteiger partial charge on any atom is -0.350 e. The highest BCUT2D eigenvalue weighted by Gasteiger charge is 2.45. The largest absolute Gasteiger partial charge is 0.350 e. The first-order chi connectivity index (χ1) is 18.2. The predicted octanol–water partition coefficient (Wildman–Crippen LogP) is 4.31. The Balaban J connectivity index is 1.27. The van der Waals surface area contributed by atoms with Crippen LogP contribution in [0.4, 0.5) is 0 Å². The van der Waals surface area contributed by atoms with E-state index >= 15 is 0 Å². The van der Waals surface area contributed by atoms with Crippen LogP contribution in [0.5, 0.6) is 0 Å². The first-order valence-electron chi connectivity index (χ1n) is 12.9. The zero-order valence-electron chi connectivity index (χ0n) is 21.8. The highest BCUT2D eigenvalue weighted by atomic mass is 32.1. The molecule has 0 radical (unpaired) electrons. The van der Waals surface area contributed by atoms with Crippen molar-refractivity contribution in [2.24, 2.45) is 5.92 Å². The van der Waals surface area contributed by atoms with E-state index in [1.807, 2.05) is 68.7 Å². The van der Waals surface area contributed by atoms with Gasteiger partial charge in [0.2, 0.25) is 11.8 Å². The van der Waals surface area contributed by atoms with Crippen LogP contribution in [0, 0.1) is 12.8 Å². The summed E-state index contributed by atoms with van der Waals surface area (Å²) in [5, 5.41) is 2.91. The second-order valence-corrected chi connectivity index (χ2v) is 11.9. The molecule has 2 aliphatic rings. The summed E-state index contributed by atoms with van der Waals surface area (Å²) in [6.45, 7) is 7.02. The SMILES string of the molecule is Cc1ncsc1-c1ccc(CNC(=O)[C@@H]2C[C@@H](S)CN2C(=O)[C@H](C(C)C)N2Cc3ccccc3C2=O)cc1. The number of carbonyl (C=O) groups is 3. The molecule has 1 fully saturated rings. The zero-order valence-corrected chi connectivity index (χ0v) is 23.5. The Bertz CT molecular complexity index is 1350. The van der Waals surface area contributed by atoms with Gasteiger partial charge in [0, 0.05) is 30.4 Å². The third-order valence-electron chi connectivity index (χ3n) is 7.36. The molecule has 0 saturated carbocycles. The Morgan fingerprint density at radius 2 is 1.89 bits per heavy atom. The van der Waals surface area contributed by atoms with E-state index in [0.717, 1.165) is 27.3 Å². The molecule has 0 aliphatic carbocycles. The van der Waals surface area contributed by atoms with Crippen LogP contribution in [0.2, 0.25) is 0 Å². The molecule has 3 amide bonds. The van der Waals surface area contributed by atoms with Crippen molar-refractivity contribution in [3.8, 4) is 10.4 Å². The number of hydrogen-bond donors (Lipinski definition) is 2. The maximum Gasteiger partial charge on any atom is 0.255 e. The van der Waals surface area contributed by atoms with Gasteiger partial charge in [-0.05, 0) is 42.0 Å². The maximum atomic E-state index is 13.9. The van der Waals surface area contributed by atoms with E-state index in [1.165, 1.54) is 0 Å². The normalized spacial score (nSPS) is 19.7. The van der Waals surface area contributed by atoms with Gasteiger partial charge >= 0.3 is 0 Å². The van der Waals surface area contributed by atoms with E-state index in [9.17, 15) is 14.4 Å². The zero-order chi connectivity index (χ0) is 27.0. The van der Waals surface area contributed by atoms with Crippen LogP contribution in [0.1, 0.15) is 47.4 Å². The first kappa shape index (κ1) is 26.4. The van der Waals surface area contributed by atoms with E-state index in [1.54, 1.807) is 27.2 Å². The molecular weight excluding hydrogens is 516 g/mol. The van der Waals surface area contributed by atoms with Crippen molar-refractivity contribution in [1.29, 1.82) is 0 Å². The Kier molecular flexibility index (Phi) is 7.59. The van der Waals surface area contributed by atoms with Gasteiger partial charge in [-0.2, -0.15) is 12.6 Å². The molecule has 198 valence electrons. The molecule has 1 aromatic heterocycles. The number of nitrogens with one attached hydrogen (secondary N) is 1. The van der Waals surface area contributed by atoms with Gasteiger partial charge in [-0.1, -0.05) is 56.3 Å². The molecule has 9 heteroatoms. The molecule has 1 N–H and O–H groups in total. The average molecular weight is 549 g/mol. The molecule has 3 heterocycles. The van der Waals surface area contributed by atoms with E-state index in [-0.39, 0.29) is 28.9 Å². The predicted molar refractivity (Wildman–Crippen MR) is 152 cm³/mol. The first-order valence-corrected chi connectivity index (χ1v) is 14.3. The Morgan fingerprint density at radius 3 is 2.55 bits per heavy atom. The molecule has 38 heavy (non-hydrogen) atoms. The number of thiazole rings is 1. The number of benzene rings is 2. The minimum absolute atomic E-state index is 0.101. The highest BCUT2D eigenvalue weighted by molar-refractivity contribution is 7.81. The summed E-state index contributed by atoms with van der Waals surface area (Å²) in [6.07, 6.45) is 0.475. The van der Waals surface area contributed by atoms with Crippen molar-refractivity contribution in [2.45, 2.75) is 57.6 Å². The fourth-order valence-electron chi connectivity index (χ4n) is 5.42. The number of nitrogens with zero attached hydrogens (tertiary/aromatic N) is 3. The molecule has 5 rings (SSSR count). The average Bonchev–Trinajstić information content (AvgIpc) is 3.60. The molecule has 2 aliphatic heterocycles. The summed E-state index contributed by atoms with van der Waals surface area (Å²) in [6, 6.07) is 14.3. The van der Waals surface area contributed by atoms with Crippen molar-refractivity contribution < 1.29 is 14.4 Å². The Labute approximate surface area is 232 Å². The van der Waals surface area contributed by atoms with Gasteiger partial charge in [-0.25, -0.2) is 4.98 Å². The number of likely N-dealkylation sites (tertiary alicyclic amines) is 1. The van der Waals surface area contributed by atoms with Crippen LogP contribution in [0.15, 0.2) is 54.0 Å². The smallest absolute Gasteiger partial charge is 0.255 e. The van der Waals surface area contributed by atoms with E-state index in [0.29, 0.717) is 31.6 Å². The van der Waals surface area contributed by atoms with Crippen molar-refractivity contribution in [3.05, 3.63) is 76.4 Å². The summed E-state index contributed by atoms with van der Waals surface area (Å²) in [4.78, 5) is 49.1. The van der Waals surface area contributed by atoms with E-state index < -0.39 is 12.1 Å². The number of amides is 3. The molecule has 3 aromatic rings. The van der Waals surface area contributed by atoms with Crippen LogP contribution >= 0.6 is 24.0 Å². The van der Waals surface area contributed by atoms with Gasteiger partial charge in [-0.3, -0.25) is 14.4 Å². The summed E-state index contributed by atoms with van der Waals surface area (Å²) in [5.74, 6) is -0.630. The van der Waals surface area contributed by atoms with Crippen molar-refractivity contribution in [2.75, 3.05) is 6.54 Å². The highest BCUT2D eigenvalue weighted by Crippen LogP contribution is 2.31. The third kappa shape index (κ3) is 5.09. The maximum absolute atomic E-state index is 13.9. The Hall–Kier alpha value is -3.17. The monoisotopic (exact) mass is 548 g/mol. The van der Waals surface area contributed by atoms with Gasteiger partial charge in [-0.15, -0.1) is 11.3 Å². The van der Waals surface area contributed by atoms with E-state index in [2.05, 4.69) is 22.9 Å². The Morgan fingerprint density at radius 1 is 1.16 bits per heavy atom. The molecule has 0 bridgehead atoms. The van der Waals surface area contributed by atoms with Gasteiger partial charge < -0.3 is 15.1 Å². The van der Waals surface area contributed by atoms with Gasteiger partial charge in [0.15, 0.2) is 0 Å². The van der Waals surface area contributed by atoms with Crippen molar-refractivity contribution in [1.82, 2.24) is 20.1 Å². The quantitative estimate of drug-likeness (QED) is 0.431. The second kappa shape index (κ2) is 10.9. The third-order valence-corrected chi connectivity index (χ3v) is 8.71. The molecular formula is C29H32N4O3S2. The number of aromatic nitrogens is 1. The van der Waals surface area contributed by atoms with Crippen LogP contribution in [-0.4, -0.2) is 56.4 Å². The van der Waals surface area contributed by atoms with Crippen molar-refractivity contribution in [3.63, 3.8) is 0 Å². The summed E-state index contributed by atoms with van der Waals surface area (Å²) in [7, 11) is 0. The number of fused-ring (bicyclic) bond motifs is 1. The standard InChI is InChI=1S/C29H32N4O3S2/c1-17(2)25(33-14-21-6-4-5-7-23(21)28(33)35)29(36)32-15-22(37)12-24(32)27(34)30-13-19-8-10-20(11-9-19)26-18(3)31-16-38-26/h4-11,16-17,22,24-25,37H,12-15H2,1-3H3,(H,30,34)/t22-,24+,25+/m1/s1. The van der Waals surface area contributed by atoms with Crippen LogP contribution < -0.4 is 5.32 Å². The van der Waals surface area contributed by atoms with Crippen LogP contribution in [0.25, 0.3) is 10.4 Å². The number of thiol groups is 1. The number of aryl methyl sites for hydroxylation is 1. The van der Waals surface area contributed by atoms with Gasteiger partial charge in [0.1, 0.15) is 12.1 Å². The lowest BCUT2D eigenvalue weighted by Crippen LogP contribution is -2.55. The van der Waals surface area contributed by atoms with Crippen molar-refractivity contribution >= 4 is 41.7 Å². The van der Waals surface area contributed by atoms with Crippen LogP contribution in [0.3, 0.4) is 0 Å². The lowest BCUT2D eigenvalue weighted by Gasteiger charge is -2.35. The molecule has 7 nitrogen and oxygen atoms in total. The molecule has 3 atom stereocenters. The molecule has 1 saturated heterocycles. The fourth-order valence-corrected chi connectivity index (χ4v) is 6.60. The molecule has 0 unspecified atom stereocenters. The van der Waals surface area contributed by atoms with E-state index in [4.69, 9.17) is 0 Å². The lowest BCUT2D eigenvalue weighted by atomic mass is 10.0.